The lowest BCUT2D eigenvalue weighted by molar-refractivity contribution is 0.0344. The van der Waals surface area contributed by atoms with Crippen molar-refractivity contribution in [1.29, 1.82) is 0 Å². The molecule has 0 saturated heterocycles. The van der Waals surface area contributed by atoms with E-state index in [9.17, 15) is 16.8 Å². The predicted octanol–water partition coefficient (Wildman–Crippen LogP) is 3.08. The fourth-order valence-electron chi connectivity index (χ4n) is 4.01. The van der Waals surface area contributed by atoms with Gasteiger partial charge in [0.2, 0.25) is 20.0 Å². The van der Waals surface area contributed by atoms with Crippen LogP contribution in [-0.2, 0) is 42.6 Å². The van der Waals surface area contributed by atoms with Crippen molar-refractivity contribution < 1.29 is 31.0 Å². The molecule has 0 spiro atoms. The monoisotopic (exact) mass is 561 g/mol. The summed E-state index contributed by atoms with van der Waals surface area (Å²) in [4.78, 5) is -0.407. The molecule has 0 unspecified atom stereocenters. The molecule has 1 heterocycles. The fourth-order valence-corrected chi connectivity index (χ4v) is 7.07. The van der Waals surface area contributed by atoms with Gasteiger partial charge >= 0.3 is 0 Å². The summed E-state index contributed by atoms with van der Waals surface area (Å²) < 4.78 is 73.3. The van der Waals surface area contributed by atoms with Crippen LogP contribution in [0.1, 0.15) is 11.1 Å². The smallest absolute Gasteiger partial charge is 0.248 e. The lowest BCUT2D eigenvalue weighted by atomic mass is 10.2. The van der Waals surface area contributed by atoms with E-state index in [2.05, 4.69) is 5.32 Å². The van der Waals surface area contributed by atoms with Gasteiger partial charge in [0.1, 0.15) is 22.3 Å². The van der Waals surface area contributed by atoms with Crippen LogP contribution in [0.2, 0.25) is 0 Å². The van der Waals surface area contributed by atoms with E-state index < -0.39 is 20.0 Å². The van der Waals surface area contributed by atoms with Gasteiger partial charge < -0.3 is 19.5 Å². The van der Waals surface area contributed by atoms with Crippen molar-refractivity contribution in [3.05, 3.63) is 83.9 Å². The first kappa shape index (κ1) is 28.0. The number of rotatable bonds is 12. The first-order valence-corrected chi connectivity index (χ1v) is 14.8. The number of fused-ring (bicyclic) bond motifs is 1. The summed E-state index contributed by atoms with van der Waals surface area (Å²) >= 11 is 0. The Morgan fingerprint density at radius 2 is 1.53 bits per heavy atom. The summed E-state index contributed by atoms with van der Waals surface area (Å²) in [6, 6.07) is 21.0. The Morgan fingerprint density at radius 3 is 2.08 bits per heavy atom. The van der Waals surface area contributed by atoms with E-state index in [1.807, 2.05) is 60.7 Å². The van der Waals surface area contributed by atoms with E-state index >= 15 is 0 Å². The van der Waals surface area contributed by atoms with Crippen molar-refractivity contribution in [3.8, 4) is 5.75 Å². The number of sulfonamides is 2. The lowest BCUT2D eigenvalue weighted by Gasteiger charge is -2.30. The Kier molecular flexibility index (Phi) is 9.03. The van der Waals surface area contributed by atoms with Crippen LogP contribution in [0.5, 0.6) is 5.75 Å². The summed E-state index contributed by atoms with van der Waals surface area (Å²) in [6.07, 6.45) is 0. The van der Waals surface area contributed by atoms with Gasteiger partial charge in [0, 0.05) is 26.3 Å². The largest absolute Gasteiger partial charge is 0.495 e. The van der Waals surface area contributed by atoms with Crippen LogP contribution in [0.3, 0.4) is 0 Å². The number of methoxy groups -OCH3 is 2. The molecule has 0 aliphatic carbocycles. The van der Waals surface area contributed by atoms with E-state index in [-0.39, 0.29) is 54.3 Å². The third-order valence-electron chi connectivity index (χ3n) is 6.02. The average molecular weight is 562 g/mol. The van der Waals surface area contributed by atoms with Crippen LogP contribution >= 0.6 is 0 Å². The number of anilines is 1. The summed E-state index contributed by atoms with van der Waals surface area (Å²) in [5.41, 5.74) is 1.84. The molecule has 0 saturated carbocycles. The third kappa shape index (κ3) is 6.17. The van der Waals surface area contributed by atoms with E-state index in [4.69, 9.17) is 14.2 Å². The predicted molar refractivity (Wildman–Crippen MR) is 143 cm³/mol. The lowest BCUT2D eigenvalue weighted by Crippen LogP contribution is -2.41. The molecule has 1 aliphatic rings. The van der Waals surface area contributed by atoms with Gasteiger partial charge in [0.05, 0.1) is 32.7 Å². The topological polar surface area (TPSA) is 114 Å². The number of benzene rings is 3. The molecule has 0 fully saturated rings. The molecule has 0 atom stereocenters. The minimum absolute atomic E-state index is 0.0360. The van der Waals surface area contributed by atoms with Gasteiger partial charge in [-0.15, -0.1) is 0 Å². The molecule has 1 aliphatic heterocycles. The van der Waals surface area contributed by atoms with Crippen LogP contribution in [0.4, 0.5) is 5.69 Å². The number of nitrogens with one attached hydrogen (secondary N) is 1. The molecule has 0 bridgehead atoms. The van der Waals surface area contributed by atoms with Crippen molar-refractivity contribution in [2.24, 2.45) is 0 Å². The molecular formula is C26H31N3O7S2. The van der Waals surface area contributed by atoms with Gasteiger partial charge in [0.25, 0.3) is 0 Å². The van der Waals surface area contributed by atoms with Crippen molar-refractivity contribution in [3.63, 3.8) is 0 Å². The Bertz CT molecular complexity index is 1390. The Hall–Kier alpha value is -3.00. The molecule has 0 aromatic heterocycles. The second-order valence-corrected chi connectivity index (χ2v) is 12.4. The summed E-state index contributed by atoms with van der Waals surface area (Å²) in [5, 5.41) is 3.02. The minimum atomic E-state index is -4.22. The van der Waals surface area contributed by atoms with Gasteiger partial charge in [-0.25, -0.2) is 16.8 Å². The average Bonchev–Trinajstić information content (AvgIpc) is 2.92. The van der Waals surface area contributed by atoms with E-state index in [0.717, 1.165) is 21.5 Å². The molecule has 4 rings (SSSR count). The zero-order valence-electron chi connectivity index (χ0n) is 21.2. The van der Waals surface area contributed by atoms with Crippen molar-refractivity contribution >= 4 is 25.7 Å². The summed E-state index contributed by atoms with van der Waals surface area (Å²) in [6.45, 7) is 0.458. The van der Waals surface area contributed by atoms with Gasteiger partial charge in [-0.3, -0.25) is 0 Å². The number of ether oxygens (including phenoxy) is 3. The first-order valence-electron chi connectivity index (χ1n) is 11.9. The molecule has 0 amide bonds. The number of nitrogens with zero attached hydrogens (tertiary/aromatic N) is 2. The second-order valence-electron chi connectivity index (χ2n) is 8.57. The van der Waals surface area contributed by atoms with Crippen molar-refractivity contribution in [2.45, 2.75) is 22.9 Å². The maximum atomic E-state index is 14.1. The van der Waals surface area contributed by atoms with Gasteiger partial charge in [0.15, 0.2) is 0 Å². The minimum Gasteiger partial charge on any atom is -0.495 e. The second kappa shape index (κ2) is 12.2. The van der Waals surface area contributed by atoms with Crippen LogP contribution in [0, 0.1) is 0 Å². The molecular weight excluding hydrogens is 530 g/mol. The maximum absolute atomic E-state index is 14.1. The number of hydrogen-bond donors (Lipinski definition) is 1. The fraction of sp³-hybridized carbons (Fsp3) is 0.308. The third-order valence-corrected chi connectivity index (χ3v) is 9.64. The Labute approximate surface area is 223 Å². The van der Waals surface area contributed by atoms with Crippen LogP contribution in [-0.4, -0.2) is 66.3 Å². The SMILES string of the molecule is COCCOCN1CNc2cc(OC)c(S(=O)(=O)N(Cc3ccccc3)Cc3ccccc3)cc2S1(=O)=O. The molecule has 0 radical (unpaired) electrons. The summed E-state index contributed by atoms with van der Waals surface area (Å²) in [5.74, 6) is 0.0439. The van der Waals surface area contributed by atoms with Crippen molar-refractivity contribution in [1.82, 2.24) is 8.61 Å². The normalized spacial score (nSPS) is 15.1. The van der Waals surface area contributed by atoms with Gasteiger partial charge in [-0.2, -0.15) is 8.61 Å². The molecule has 1 N–H and O–H groups in total. The highest BCUT2D eigenvalue weighted by atomic mass is 32.2. The standard InChI is InChI=1S/C26H31N3O7S2/c1-34-13-14-36-20-29-19-27-23-15-24(35-2)26(16-25(23)37(29,30)31)38(32,33)28(17-21-9-5-3-6-10-21)18-22-11-7-4-8-12-22/h3-12,15-16,27H,13-14,17-20H2,1-2H3. The maximum Gasteiger partial charge on any atom is 0.248 e. The van der Waals surface area contributed by atoms with Gasteiger partial charge in [-0.05, 0) is 17.2 Å². The molecule has 3 aromatic rings. The highest BCUT2D eigenvalue weighted by molar-refractivity contribution is 7.90. The van der Waals surface area contributed by atoms with Crippen molar-refractivity contribution in [2.75, 3.05) is 46.1 Å². The van der Waals surface area contributed by atoms with E-state index in [1.165, 1.54) is 24.6 Å². The molecule has 204 valence electrons. The van der Waals surface area contributed by atoms with Crippen LogP contribution < -0.4 is 10.1 Å². The Morgan fingerprint density at radius 1 is 0.921 bits per heavy atom. The zero-order valence-corrected chi connectivity index (χ0v) is 22.9. The molecule has 12 heteroatoms. The molecule has 38 heavy (non-hydrogen) atoms. The number of hydrogen-bond acceptors (Lipinski definition) is 8. The highest BCUT2D eigenvalue weighted by Crippen LogP contribution is 2.38. The zero-order chi connectivity index (χ0) is 27.2. The van der Waals surface area contributed by atoms with E-state index in [0.29, 0.717) is 6.61 Å². The molecule has 3 aromatic carbocycles. The van der Waals surface area contributed by atoms with Crippen LogP contribution in [0.25, 0.3) is 0 Å². The van der Waals surface area contributed by atoms with E-state index in [1.54, 1.807) is 0 Å². The van der Waals surface area contributed by atoms with Crippen LogP contribution in [0.15, 0.2) is 82.6 Å². The molecule has 10 nitrogen and oxygen atoms in total. The first-order chi connectivity index (χ1) is 18.3. The highest BCUT2D eigenvalue weighted by Gasteiger charge is 2.36. The quantitative estimate of drug-likeness (QED) is 0.336. The Balaban J connectivity index is 1.74. The van der Waals surface area contributed by atoms with Gasteiger partial charge in [-0.1, -0.05) is 60.7 Å². The summed E-state index contributed by atoms with van der Waals surface area (Å²) in [7, 11) is -5.40.